The monoisotopic (exact) mass is 284 g/mol. The molecule has 0 N–H and O–H groups in total. The highest BCUT2D eigenvalue weighted by molar-refractivity contribution is 7.13. The van der Waals surface area contributed by atoms with Crippen molar-refractivity contribution in [2.75, 3.05) is 19.8 Å². The summed E-state index contributed by atoms with van der Waals surface area (Å²) in [6.45, 7) is 5.24. The van der Waals surface area contributed by atoms with E-state index in [2.05, 4.69) is 4.98 Å². The van der Waals surface area contributed by atoms with E-state index in [9.17, 15) is 9.59 Å². The number of aromatic nitrogens is 1. The van der Waals surface area contributed by atoms with E-state index in [4.69, 9.17) is 9.47 Å². The fraction of sp³-hybridized carbons (Fsp3) is 0.583. The number of hydrogen-bond acceptors (Lipinski definition) is 6. The number of carbonyl (C=O) groups is 2. The molecule has 1 amide bonds. The summed E-state index contributed by atoms with van der Waals surface area (Å²) in [7, 11) is 0. The smallest absolute Gasteiger partial charge is 0.410 e. The van der Waals surface area contributed by atoms with Gasteiger partial charge in [-0.15, -0.1) is 11.3 Å². The molecule has 6 nitrogen and oxygen atoms in total. The number of amides is 1. The second-order valence-electron chi connectivity index (χ2n) is 3.98. The standard InChI is InChI=1S/C12H16N2O4S/c1-3-17-11(15)10-13-8-5-6-14(7-9(8)19-10)12(16)18-4-2/h3-7H2,1-2H3. The van der Waals surface area contributed by atoms with Crippen LogP contribution in [0.3, 0.4) is 0 Å². The Bertz CT molecular complexity index is 486. The molecule has 0 saturated carbocycles. The topological polar surface area (TPSA) is 68.7 Å². The second-order valence-corrected chi connectivity index (χ2v) is 5.06. The lowest BCUT2D eigenvalue weighted by molar-refractivity contribution is 0.0525. The number of carbonyl (C=O) groups excluding carboxylic acids is 2. The van der Waals surface area contributed by atoms with Crippen LogP contribution >= 0.6 is 11.3 Å². The van der Waals surface area contributed by atoms with Crippen LogP contribution in [0.25, 0.3) is 0 Å². The van der Waals surface area contributed by atoms with Gasteiger partial charge in [0.25, 0.3) is 0 Å². The van der Waals surface area contributed by atoms with Gasteiger partial charge in [-0.05, 0) is 13.8 Å². The average Bonchev–Trinajstić information content (AvgIpc) is 2.82. The van der Waals surface area contributed by atoms with Gasteiger partial charge in [-0.1, -0.05) is 0 Å². The Morgan fingerprint density at radius 1 is 1.32 bits per heavy atom. The van der Waals surface area contributed by atoms with Crippen molar-refractivity contribution in [1.29, 1.82) is 0 Å². The molecule has 0 atom stereocenters. The number of hydrogen-bond donors (Lipinski definition) is 0. The van der Waals surface area contributed by atoms with Gasteiger partial charge in [-0.2, -0.15) is 0 Å². The molecule has 0 unspecified atom stereocenters. The summed E-state index contributed by atoms with van der Waals surface area (Å²) in [5, 5.41) is 0.359. The van der Waals surface area contributed by atoms with Gasteiger partial charge in [0, 0.05) is 17.8 Å². The molecule has 2 heterocycles. The Hall–Kier alpha value is -1.63. The number of fused-ring (bicyclic) bond motifs is 1. The summed E-state index contributed by atoms with van der Waals surface area (Å²) in [6.07, 6.45) is 0.323. The highest BCUT2D eigenvalue weighted by Gasteiger charge is 2.26. The van der Waals surface area contributed by atoms with E-state index >= 15 is 0 Å². The van der Waals surface area contributed by atoms with Crippen LogP contribution in [0.2, 0.25) is 0 Å². The molecule has 1 aliphatic heterocycles. The maximum atomic E-state index is 11.6. The molecular weight excluding hydrogens is 268 g/mol. The molecule has 2 rings (SSSR count). The third kappa shape index (κ3) is 3.04. The normalized spacial score (nSPS) is 13.9. The molecular formula is C12H16N2O4S. The average molecular weight is 284 g/mol. The van der Waals surface area contributed by atoms with E-state index < -0.39 is 5.97 Å². The van der Waals surface area contributed by atoms with Crippen molar-refractivity contribution < 1.29 is 19.1 Å². The summed E-state index contributed by atoms with van der Waals surface area (Å²) in [4.78, 5) is 30.1. The van der Waals surface area contributed by atoms with Crippen LogP contribution in [0.4, 0.5) is 4.79 Å². The van der Waals surface area contributed by atoms with Gasteiger partial charge in [-0.25, -0.2) is 14.6 Å². The highest BCUT2D eigenvalue weighted by atomic mass is 32.1. The molecule has 104 valence electrons. The predicted octanol–water partition coefficient (Wildman–Crippen LogP) is 1.83. The van der Waals surface area contributed by atoms with Crippen LogP contribution in [0.1, 0.15) is 34.2 Å². The fourth-order valence-corrected chi connectivity index (χ4v) is 2.86. The van der Waals surface area contributed by atoms with Gasteiger partial charge in [0.05, 0.1) is 25.5 Å². The third-order valence-corrected chi connectivity index (χ3v) is 3.77. The summed E-state index contributed by atoms with van der Waals surface area (Å²) in [5.41, 5.74) is 0.883. The van der Waals surface area contributed by atoms with E-state index in [0.717, 1.165) is 10.6 Å². The molecule has 0 aliphatic carbocycles. The van der Waals surface area contributed by atoms with E-state index in [-0.39, 0.29) is 6.09 Å². The molecule has 0 bridgehead atoms. The lowest BCUT2D eigenvalue weighted by Crippen LogP contribution is -2.35. The molecule has 1 aliphatic rings. The second kappa shape index (κ2) is 6.01. The van der Waals surface area contributed by atoms with Crippen molar-refractivity contribution in [3.05, 3.63) is 15.6 Å². The molecule has 0 aromatic carbocycles. The molecule has 7 heteroatoms. The summed E-state index contributed by atoms with van der Waals surface area (Å²) in [6, 6.07) is 0. The van der Waals surface area contributed by atoms with E-state index in [1.807, 2.05) is 0 Å². The summed E-state index contributed by atoms with van der Waals surface area (Å²) in [5.74, 6) is -0.399. The van der Waals surface area contributed by atoms with Crippen molar-refractivity contribution in [2.45, 2.75) is 26.8 Å². The van der Waals surface area contributed by atoms with E-state index in [0.29, 0.717) is 37.7 Å². The first-order valence-corrected chi connectivity index (χ1v) is 7.04. The van der Waals surface area contributed by atoms with Crippen molar-refractivity contribution in [2.24, 2.45) is 0 Å². The van der Waals surface area contributed by atoms with Gasteiger partial charge in [0.2, 0.25) is 5.01 Å². The Kier molecular flexibility index (Phi) is 4.36. The van der Waals surface area contributed by atoms with Gasteiger partial charge in [0.1, 0.15) is 0 Å². The van der Waals surface area contributed by atoms with Crippen LogP contribution in [0.5, 0.6) is 0 Å². The quantitative estimate of drug-likeness (QED) is 0.792. The molecule has 19 heavy (non-hydrogen) atoms. The Labute approximate surface area is 115 Å². The van der Waals surface area contributed by atoms with Crippen molar-refractivity contribution in [3.63, 3.8) is 0 Å². The van der Waals surface area contributed by atoms with Crippen molar-refractivity contribution in [3.8, 4) is 0 Å². The van der Waals surface area contributed by atoms with Crippen molar-refractivity contribution >= 4 is 23.4 Å². The molecule has 0 radical (unpaired) electrons. The number of ether oxygens (including phenoxy) is 2. The predicted molar refractivity (Wildman–Crippen MR) is 69.2 cm³/mol. The van der Waals surface area contributed by atoms with Crippen LogP contribution < -0.4 is 0 Å². The van der Waals surface area contributed by atoms with Crippen LogP contribution in [-0.2, 0) is 22.4 Å². The first-order chi connectivity index (χ1) is 9.15. The Morgan fingerprint density at radius 3 is 2.74 bits per heavy atom. The maximum absolute atomic E-state index is 11.6. The lowest BCUT2D eigenvalue weighted by Gasteiger charge is -2.24. The largest absolute Gasteiger partial charge is 0.461 e. The SMILES string of the molecule is CCOC(=O)c1nc2c(s1)CN(C(=O)OCC)CC2. The zero-order valence-corrected chi connectivity index (χ0v) is 11.8. The van der Waals surface area contributed by atoms with Crippen LogP contribution in [0.15, 0.2) is 0 Å². The van der Waals surface area contributed by atoms with Crippen LogP contribution in [0, 0.1) is 0 Å². The zero-order chi connectivity index (χ0) is 13.8. The fourth-order valence-electron chi connectivity index (χ4n) is 1.85. The number of nitrogens with zero attached hydrogens (tertiary/aromatic N) is 2. The zero-order valence-electron chi connectivity index (χ0n) is 11.0. The maximum Gasteiger partial charge on any atom is 0.410 e. The number of rotatable bonds is 3. The highest BCUT2D eigenvalue weighted by Crippen LogP contribution is 2.26. The summed E-state index contributed by atoms with van der Waals surface area (Å²) >= 11 is 1.29. The molecule has 0 saturated heterocycles. The van der Waals surface area contributed by atoms with Crippen molar-refractivity contribution in [1.82, 2.24) is 9.88 Å². The molecule has 1 aromatic rings. The minimum atomic E-state index is -0.399. The van der Waals surface area contributed by atoms with Crippen LogP contribution in [-0.4, -0.2) is 41.7 Å². The van der Waals surface area contributed by atoms with Gasteiger partial charge >= 0.3 is 12.1 Å². The molecule has 1 aromatic heterocycles. The summed E-state index contributed by atoms with van der Waals surface area (Å²) < 4.78 is 9.89. The third-order valence-electron chi connectivity index (χ3n) is 2.71. The van der Waals surface area contributed by atoms with Gasteiger partial charge in [0.15, 0.2) is 0 Å². The Balaban J connectivity index is 2.08. The Morgan fingerprint density at radius 2 is 2.05 bits per heavy atom. The van der Waals surface area contributed by atoms with Gasteiger partial charge in [-0.3, -0.25) is 0 Å². The van der Waals surface area contributed by atoms with E-state index in [1.165, 1.54) is 11.3 Å². The number of esters is 1. The lowest BCUT2D eigenvalue weighted by atomic mass is 10.2. The first-order valence-electron chi connectivity index (χ1n) is 6.23. The van der Waals surface area contributed by atoms with Gasteiger partial charge < -0.3 is 14.4 Å². The first kappa shape index (κ1) is 13.8. The van der Waals surface area contributed by atoms with E-state index in [1.54, 1.807) is 18.7 Å². The number of thiazole rings is 1. The molecule has 0 fully saturated rings. The minimum absolute atomic E-state index is 0.320. The minimum Gasteiger partial charge on any atom is -0.461 e. The molecule has 0 spiro atoms.